The topological polar surface area (TPSA) is 81.4 Å². The molecule has 124 valence electrons. The summed E-state index contributed by atoms with van der Waals surface area (Å²) >= 11 is 0. The first-order valence-corrected chi connectivity index (χ1v) is 7.54. The minimum Gasteiger partial charge on any atom is -0.449 e. The van der Waals surface area contributed by atoms with Crippen molar-refractivity contribution in [2.24, 2.45) is 0 Å². The summed E-state index contributed by atoms with van der Waals surface area (Å²) in [4.78, 5) is 19.0. The zero-order chi connectivity index (χ0) is 17.3. The minimum atomic E-state index is -0.631. The van der Waals surface area contributed by atoms with Gasteiger partial charge in [-0.05, 0) is 19.1 Å². The van der Waals surface area contributed by atoms with Gasteiger partial charge in [0.2, 0.25) is 5.89 Å². The Hall–Kier alpha value is -2.96. The number of para-hydroxylation sites is 1. The van der Waals surface area contributed by atoms with Crippen molar-refractivity contribution in [2.45, 2.75) is 20.0 Å². The summed E-state index contributed by atoms with van der Waals surface area (Å²) in [5.74, 6) is 0.922. The number of hydrogen-bond acceptors (Lipinski definition) is 7. The molecule has 0 spiro atoms. The highest BCUT2D eigenvalue weighted by Gasteiger charge is 2.21. The zero-order valence-electron chi connectivity index (χ0n) is 14.0. The summed E-state index contributed by atoms with van der Waals surface area (Å²) in [6.07, 6.45) is -0.631. The molecule has 0 saturated heterocycles. The van der Waals surface area contributed by atoms with Gasteiger partial charge in [0.15, 0.2) is 6.10 Å². The largest absolute Gasteiger partial charge is 0.449 e. The van der Waals surface area contributed by atoms with Crippen LogP contribution in [0.25, 0.3) is 10.9 Å². The smallest absolute Gasteiger partial charge is 0.339 e. The van der Waals surface area contributed by atoms with Gasteiger partial charge in [0.05, 0.1) is 11.1 Å². The summed E-state index contributed by atoms with van der Waals surface area (Å²) < 4.78 is 10.8. The second-order valence-electron chi connectivity index (χ2n) is 5.65. The number of fused-ring (bicyclic) bond motifs is 1. The summed E-state index contributed by atoms with van der Waals surface area (Å²) in [6, 6.07) is 9.18. The van der Waals surface area contributed by atoms with Gasteiger partial charge in [0.25, 0.3) is 5.89 Å². The third kappa shape index (κ3) is 3.05. The molecular formula is C17H18N4O3. The molecule has 7 nitrogen and oxygen atoms in total. The number of aryl methyl sites for hydroxylation is 1. The third-order valence-corrected chi connectivity index (χ3v) is 3.55. The number of benzene rings is 1. The van der Waals surface area contributed by atoms with Gasteiger partial charge in [0.1, 0.15) is 5.82 Å². The SMILES string of the molecule is Cc1nnc([C@H](C)OC(=O)c2cc(N(C)C)nc3ccccc23)o1. The fraction of sp³-hybridized carbons (Fsp3) is 0.294. The number of carbonyl (C=O) groups is 1. The monoisotopic (exact) mass is 326 g/mol. The molecule has 0 bridgehead atoms. The zero-order valence-corrected chi connectivity index (χ0v) is 14.0. The first-order chi connectivity index (χ1) is 11.5. The van der Waals surface area contributed by atoms with Crippen LogP contribution in [0.15, 0.2) is 34.7 Å². The molecule has 0 aliphatic carbocycles. The Morgan fingerprint density at radius 3 is 2.67 bits per heavy atom. The average Bonchev–Trinajstić information content (AvgIpc) is 3.00. The Morgan fingerprint density at radius 2 is 2.00 bits per heavy atom. The second-order valence-corrected chi connectivity index (χ2v) is 5.65. The molecule has 3 rings (SSSR count). The van der Waals surface area contributed by atoms with Gasteiger partial charge in [0, 0.05) is 26.4 Å². The average molecular weight is 326 g/mol. The molecule has 1 atom stereocenters. The van der Waals surface area contributed by atoms with E-state index in [1.165, 1.54) is 0 Å². The molecule has 0 N–H and O–H groups in total. The van der Waals surface area contributed by atoms with Crippen LogP contribution in [0.2, 0.25) is 0 Å². The molecule has 0 amide bonds. The molecular weight excluding hydrogens is 308 g/mol. The van der Waals surface area contributed by atoms with Crippen molar-refractivity contribution in [3.8, 4) is 0 Å². The predicted octanol–water partition coefficient (Wildman–Crippen LogP) is 2.91. The van der Waals surface area contributed by atoms with Crippen molar-refractivity contribution >= 4 is 22.7 Å². The van der Waals surface area contributed by atoms with Crippen LogP contribution in [0.4, 0.5) is 5.82 Å². The number of esters is 1. The van der Waals surface area contributed by atoms with E-state index in [9.17, 15) is 4.79 Å². The molecule has 1 aromatic carbocycles. The minimum absolute atomic E-state index is 0.270. The van der Waals surface area contributed by atoms with Crippen LogP contribution in [0.3, 0.4) is 0 Å². The van der Waals surface area contributed by atoms with Crippen LogP contribution in [0.5, 0.6) is 0 Å². The predicted molar refractivity (Wildman–Crippen MR) is 88.9 cm³/mol. The number of rotatable bonds is 4. The van der Waals surface area contributed by atoms with Crippen LogP contribution in [0.1, 0.15) is 35.2 Å². The Balaban J connectivity index is 1.96. The van der Waals surface area contributed by atoms with Crippen LogP contribution in [-0.4, -0.2) is 35.2 Å². The van der Waals surface area contributed by atoms with Crippen molar-refractivity contribution in [1.82, 2.24) is 15.2 Å². The third-order valence-electron chi connectivity index (χ3n) is 3.55. The first-order valence-electron chi connectivity index (χ1n) is 7.54. The van der Waals surface area contributed by atoms with Gasteiger partial charge in [-0.25, -0.2) is 9.78 Å². The van der Waals surface area contributed by atoms with E-state index in [4.69, 9.17) is 9.15 Å². The maximum Gasteiger partial charge on any atom is 0.339 e. The van der Waals surface area contributed by atoms with E-state index >= 15 is 0 Å². The molecule has 2 heterocycles. The van der Waals surface area contributed by atoms with Crippen molar-refractivity contribution in [3.63, 3.8) is 0 Å². The molecule has 0 aliphatic rings. The maximum atomic E-state index is 12.7. The number of hydrogen-bond donors (Lipinski definition) is 0. The van der Waals surface area contributed by atoms with E-state index in [1.54, 1.807) is 19.9 Å². The lowest BCUT2D eigenvalue weighted by Gasteiger charge is -2.15. The van der Waals surface area contributed by atoms with Crippen LogP contribution in [-0.2, 0) is 4.74 Å². The summed E-state index contributed by atoms with van der Waals surface area (Å²) in [6.45, 7) is 3.38. The lowest BCUT2D eigenvalue weighted by Crippen LogP contribution is -2.14. The molecule has 24 heavy (non-hydrogen) atoms. The highest BCUT2D eigenvalue weighted by atomic mass is 16.6. The normalized spacial score (nSPS) is 12.2. The van der Waals surface area contributed by atoms with E-state index < -0.39 is 12.1 Å². The van der Waals surface area contributed by atoms with Crippen LogP contribution < -0.4 is 4.90 Å². The lowest BCUT2D eigenvalue weighted by atomic mass is 10.1. The Kier molecular flexibility index (Phi) is 4.16. The molecule has 2 aromatic heterocycles. The fourth-order valence-corrected chi connectivity index (χ4v) is 2.31. The van der Waals surface area contributed by atoms with Crippen molar-refractivity contribution in [2.75, 3.05) is 19.0 Å². The van der Waals surface area contributed by atoms with Gasteiger partial charge < -0.3 is 14.1 Å². The summed E-state index contributed by atoms with van der Waals surface area (Å²) in [7, 11) is 3.74. The second kappa shape index (κ2) is 6.27. The molecule has 0 aliphatic heterocycles. The number of aromatic nitrogens is 3. The highest BCUT2D eigenvalue weighted by Crippen LogP contribution is 2.25. The molecule has 0 fully saturated rings. The summed E-state index contributed by atoms with van der Waals surface area (Å²) in [5.41, 5.74) is 1.18. The van der Waals surface area contributed by atoms with Crippen LogP contribution in [0, 0.1) is 6.92 Å². The van der Waals surface area contributed by atoms with Gasteiger partial charge >= 0.3 is 5.97 Å². The Labute approximate surface area is 139 Å². The van der Waals surface area contributed by atoms with E-state index in [-0.39, 0.29) is 5.89 Å². The molecule has 3 aromatic rings. The van der Waals surface area contributed by atoms with Gasteiger partial charge in [-0.3, -0.25) is 0 Å². The number of anilines is 1. The highest BCUT2D eigenvalue weighted by molar-refractivity contribution is 6.04. The number of carbonyl (C=O) groups excluding carboxylic acids is 1. The van der Waals surface area contributed by atoms with Crippen molar-refractivity contribution in [3.05, 3.63) is 47.7 Å². The lowest BCUT2D eigenvalue weighted by molar-refractivity contribution is 0.0279. The number of nitrogens with zero attached hydrogens (tertiary/aromatic N) is 4. The number of pyridine rings is 1. The molecule has 0 saturated carbocycles. The van der Waals surface area contributed by atoms with E-state index in [1.807, 2.05) is 43.3 Å². The van der Waals surface area contributed by atoms with Gasteiger partial charge in [-0.15, -0.1) is 10.2 Å². The fourth-order valence-electron chi connectivity index (χ4n) is 2.31. The quantitative estimate of drug-likeness (QED) is 0.682. The van der Waals surface area contributed by atoms with Crippen molar-refractivity contribution in [1.29, 1.82) is 0 Å². The van der Waals surface area contributed by atoms with E-state index in [0.29, 0.717) is 17.3 Å². The molecule has 7 heteroatoms. The van der Waals surface area contributed by atoms with E-state index in [0.717, 1.165) is 10.9 Å². The first kappa shape index (κ1) is 15.9. The van der Waals surface area contributed by atoms with Gasteiger partial charge in [-0.2, -0.15) is 0 Å². The Morgan fingerprint density at radius 1 is 1.25 bits per heavy atom. The molecule has 0 radical (unpaired) electrons. The van der Waals surface area contributed by atoms with E-state index in [2.05, 4.69) is 15.2 Å². The maximum absolute atomic E-state index is 12.7. The molecule has 0 unspecified atom stereocenters. The van der Waals surface area contributed by atoms with Gasteiger partial charge in [-0.1, -0.05) is 18.2 Å². The number of ether oxygens (including phenoxy) is 1. The van der Waals surface area contributed by atoms with Crippen molar-refractivity contribution < 1.29 is 13.9 Å². The summed E-state index contributed by atoms with van der Waals surface area (Å²) in [5, 5.41) is 8.37. The van der Waals surface area contributed by atoms with Crippen LogP contribution >= 0.6 is 0 Å². The Bertz CT molecular complexity index is 888. The standard InChI is InChI=1S/C17H18N4O3/c1-10(16-20-19-11(2)24-16)23-17(22)13-9-15(21(3)4)18-14-8-6-5-7-12(13)14/h5-10H,1-4H3/t10-/m0/s1.